The molecule has 1 aliphatic heterocycles. The summed E-state index contributed by atoms with van der Waals surface area (Å²) in [6.07, 6.45) is 6.28. The van der Waals surface area contributed by atoms with Crippen LogP contribution in [0.1, 0.15) is 43.6 Å². The maximum absolute atomic E-state index is 9.41. The van der Waals surface area contributed by atoms with Gasteiger partial charge in [-0.15, -0.1) is 0 Å². The maximum atomic E-state index is 9.41. The van der Waals surface area contributed by atoms with Gasteiger partial charge in [-0.3, -0.25) is 0 Å². The highest BCUT2D eigenvalue weighted by molar-refractivity contribution is 6.58. The Labute approximate surface area is 109 Å². The zero-order valence-corrected chi connectivity index (χ0v) is 10.7. The Morgan fingerprint density at radius 1 is 1.00 bits per heavy atom. The summed E-state index contributed by atoms with van der Waals surface area (Å²) < 4.78 is 0. The molecule has 1 saturated heterocycles. The topological polar surface area (TPSA) is 43.7 Å². The van der Waals surface area contributed by atoms with Gasteiger partial charge in [0.1, 0.15) is 0 Å². The molecule has 0 bridgehead atoms. The van der Waals surface area contributed by atoms with Crippen LogP contribution in [0.5, 0.6) is 0 Å². The maximum Gasteiger partial charge on any atom is 0.488 e. The Morgan fingerprint density at radius 2 is 1.72 bits per heavy atom. The molecule has 0 amide bonds. The summed E-state index contributed by atoms with van der Waals surface area (Å²) in [6.45, 7) is 2.18. The van der Waals surface area contributed by atoms with Crippen molar-refractivity contribution in [1.82, 2.24) is 0 Å². The van der Waals surface area contributed by atoms with E-state index in [0.717, 1.165) is 13.1 Å². The van der Waals surface area contributed by atoms with Crippen molar-refractivity contribution >= 4 is 18.3 Å². The fourth-order valence-corrected chi connectivity index (χ4v) is 2.80. The fraction of sp³-hybridized carbons (Fsp3) is 0.571. The molecule has 1 saturated carbocycles. The van der Waals surface area contributed by atoms with E-state index < -0.39 is 7.12 Å². The summed E-state index contributed by atoms with van der Waals surface area (Å²) in [5.74, 6) is 0.646. The third-order valence-electron chi connectivity index (χ3n) is 4.03. The van der Waals surface area contributed by atoms with Crippen LogP contribution in [0.25, 0.3) is 0 Å². The Morgan fingerprint density at radius 3 is 2.33 bits per heavy atom. The van der Waals surface area contributed by atoms with Crippen LogP contribution in [-0.2, 0) is 0 Å². The summed E-state index contributed by atoms with van der Waals surface area (Å²) in [5.41, 5.74) is 3.09. The van der Waals surface area contributed by atoms with Crippen LogP contribution < -0.4 is 10.4 Å². The summed E-state index contributed by atoms with van der Waals surface area (Å²) in [5, 5.41) is 18.8. The van der Waals surface area contributed by atoms with E-state index in [1.807, 2.05) is 12.1 Å². The number of hydrogen-bond acceptors (Lipinski definition) is 3. The molecule has 1 aromatic rings. The first kappa shape index (κ1) is 12.1. The van der Waals surface area contributed by atoms with Gasteiger partial charge in [0, 0.05) is 18.8 Å². The lowest BCUT2D eigenvalue weighted by Crippen LogP contribution is -2.34. The first-order valence-electron chi connectivity index (χ1n) is 7.00. The van der Waals surface area contributed by atoms with Crippen LogP contribution in [0.4, 0.5) is 5.69 Å². The molecule has 3 nitrogen and oxygen atoms in total. The molecule has 3 rings (SSSR count). The van der Waals surface area contributed by atoms with Crippen LogP contribution >= 0.6 is 0 Å². The van der Waals surface area contributed by atoms with Crippen molar-refractivity contribution < 1.29 is 10.0 Å². The van der Waals surface area contributed by atoms with Crippen LogP contribution in [0.15, 0.2) is 18.2 Å². The second kappa shape index (κ2) is 4.94. The predicted molar refractivity (Wildman–Crippen MR) is 74.3 cm³/mol. The minimum Gasteiger partial charge on any atom is -0.423 e. The Kier molecular flexibility index (Phi) is 3.31. The molecule has 2 N–H and O–H groups in total. The van der Waals surface area contributed by atoms with Gasteiger partial charge in [-0.05, 0) is 61.2 Å². The molecular weight excluding hydrogens is 225 g/mol. The van der Waals surface area contributed by atoms with Crippen molar-refractivity contribution in [3.8, 4) is 0 Å². The molecule has 0 spiro atoms. The molecular formula is C14H20BNO2. The van der Waals surface area contributed by atoms with Crippen molar-refractivity contribution in [2.75, 3.05) is 18.0 Å². The van der Waals surface area contributed by atoms with E-state index in [-0.39, 0.29) is 0 Å². The number of benzene rings is 1. The van der Waals surface area contributed by atoms with Gasteiger partial charge in [0.15, 0.2) is 0 Å². The molecule has 1 aliphatic carbocycles. The van der Waals surface area contributed by atoms with Crippen molar-refractivity contribution in [3.63, 3.8) is 0 Å². The van der Waals surface area contributed by atoms with Crippen molar-refractivity contribution in [2.45, 2.75) is 38.0 Å². The van der Waals surface area contributed by atoms with Gasteiger partial charge < -0.3 is 14.9 Å². The van der Waals surface area contributed by atoms with Gasteiger partial charge in [0.25, 0.3) is 0 Å². The first-order chi connectivity index (χ1) is 8.74. The Balaban J connectivity index is 1.91. The first-order valence-corrected chi connectivity index (χ1v) is 7.00. The molecule has 18 heavy (non-hydrogen) atoms. The van der Waals surface area contributed by atoms with E-state index in [1.165, 1.54) is 43.4 Å². The van der Waals surface area contributed by atoms with Crippen molar-refractivity contribution in [3.05, 3.63) is 23.8 Å². The van der Waals surface area contributed by atoms with Crippen LogP contribution in [-0.4, -0.2) is 30.3 Å². The third kappa shape index (κ3) is 2.55. The van der Waals surface area contributed by atoms with Gasteiger partial charge in [-0.2, -0.15) is 0 Å². The van der Waals surface area contributed by atoms with E-state index in [1.54, 1.807) is 0 Å². The molecule has 96 valence electrons. The molecule has 0 aromatic heterocycles. The van der Waals surface area contributed by atoms with Crippen LogP contribution in [0, 0.1) is 0 Å². The minimum atomic E-state index is -1.35. The quantitative estimate of drug-likeness (QED) is 0.787. The molecule has 1 aromatic carbocycles. The highest BCUT2D eigenvalue weighted by atomic mass is 16.4. The number of rotatable bonds is 3. The minimum absolute atomic E-state index is 0.639. The number of anilines is 1. The fourth-order valence-electron chi connectivity index (χ4n) is 2.80. The summed E-state index contributed by atoms with van der Waals surface area (Å²) in [7, 11) is -1.35. The van der Waals surface area contributed by atoms with E-state index in [4.69, 9.17) is 0 Å². The number of piperidine rings is 1. The Hall–Kier alpha value is -0.995. The van der Waals surface area contributed by atoms with E-state index in [2.05, 4.69) is 11.0 Å². The monoisotopic (exact) mass is 245 g/mol. The van der Waals surface area contributed by atoms with Gasteiger partial charge >= 0.3 is 7.12 Å². The van der Waals surface area contributed by atoms with E-state index >= 15 is 0 Å². The molecule has 2 aliphatic rings. The lowest BCUT2D eigenvalue weighted by molar-refractivity contribution is 0.425. The summed E-state index contributed by atoms with van der Waals surface area (Å²) in [6, 6.07) is 6.13. The van der Waals surface area contributed by atoms with Gasteiger partial charge in [0.05, 0.1) is 0 Å². The van der Waals surface area contributed by atoms with Gasteiger partial charge in [0.2, 0.25) is 0 Å². The number of hydrogen-bond donors (Lipinski definition) is 2. The molecule has 0 atom stereocenters. The summed E-state index contributed by atoms with van der Waals surface area (Å²) in [4.78, 5) is 2.38. The molecule has 2 fully saturated rings. The average molecular weight is 245 g/mol. The standard InChI is InChI=1S/C14H20BNO2/c17-15(18)13-8-12(11-4-5-11)9-14(10-13)16-6-2-1-3-7-16/h8-11,17-18H,1-7H2. The van der Waals surface area contributed by atoms with Gasteiger partial charge in [-0.25, -0.2) is 0 Å². The Bertz CT molecular complexity index is 406. The highest BCUT2D eigenvalue weighted by Gasteiger charge is 2.26. The molecule has 0 unspecified atom stereocenters. The lowest BCUT2D eigenvalue weighted by atomic mass is 9.78. The third-order valence-corrected chi connectivity index (χ3v) is 4.03. The SMILES string of the molecule is OB(O)c1cc(C2CC2)cc(N2CCCCC2)c1. The second-order valence-electron chi connectivity index (χ2n) is 5.55. The van der Waals surface area contributed by atoms with Crippen molar-refractivity contribution in [2.24, 2.45) is 0 Å². The van der Waals surface area contributed by atoms with Gasteiger partial charge in [-0.1, -0.05) is 6.07 Å². The largest absolute Gasteiger partial charge is 0.488 e. The highest BCUT2D eigenvalue weighted by Crippen LogP contribution is 2.40. The predicted octanol–water partition coefficient (Wildman–Crippen LogP) is 1.23. The molecule has 4 heteroatoms. The lowest BCUT2D eigenvalue weighted by Gasteiger charge is -2.29. The van der Waals surface area contributed by atoms with Crippen molar-refractivity contribution in [1.29, 1.82) is 0 Å². The van der Waals surface area contributed by atoms with E-state index in [9.17, 15) is 10.0 Å². The molecule has 0 radical (unpaired) electrons. The zero-order chi connectivity index (χ0) is 12.5. The van der Waals surface area contributed by atoms with Crippen LogP contribution in [0.3, 0.4) is 0 Å². The second-order valence-corrected chi connectivity index (χ2v) is 5.55. The normalized spacial score (nSPS) is 20.0. The van der Waals surface area contributed by atoms with Crippen LogP contribution in [0.2, 0.25) is 0 Å². The smallest absolute Gasteiger partial charge is 0.423 e. The number of nitrogens with zero attached hydrogens (tertiary/aromatic N) is 1. The molecule has 1 heterocycles. The zero-order valence-electron chi connectivity index (χ0n) is 10.7. The van der Waals surface area contributed by atoms with E-state index in [0.29, 0.717) is 11.4 Å². The summed E-state index contributed by atoms with van der Waals surface area (Å²) >= 11 is 0. The average Bonchev–Trinajstić information content (AvgIpc) is 3.23.